The van der Waals surface area contributed by atoms with Crippen LogP contribution >= 0.6 is 0 Å². The fourth-order valence-electron chi connectivity index (χ4n) is 10.5. The summed E-state index contributed by atoms with van der Waals surface area (Å²) in [5.74, 6) is -6.09. The molecule has 1 aromatic heterocycles. The van der Waals surface area contributed by atoms with Gasteiger partial charge in [0.1, 0.15) is 30.5 Å². The van der Waals surface area contributed by atoms with Crippen LogP contribution in [0.3, 0.4) is 0 Å². The third-order valence-corrected chi connectivity index (χ3v) is 13.8. The van der Waals surface area contributed by atoms with Gasteiger partial charge in [0.05, 0.1) is 24.5 Å². The first-order valence-electron chi connectivity index (χ1n) is 19.2. The average molecular weight is 775 g/mol. The zero-order chi connectivity index (χ0) is 41.1. The summed E-state index contributed by atoms with van der Waals surface area (Å²) in [6.45, 7) is 15.7. The highest BCUT2D eigenvalue weighted by atomic mass is 16.6. The van der Waals surface area contributed by atoms with Crippen molar-refractivity contribution in [1.82, 2.24) is 0 Å². The number of esters is 5. The van der Waals surface area contributed by atoms with E-state index in [2.05, 4.69) is 6.08 Å². The van der Waals surface area contributed by atoms with Crippen LogP contribution in [0.5, 0.6) is 0 Å². The van der Waals surface area contributed by atoms with Crippen LogP contribution in [0, 0.1) is 34.0 Å². The molecule has 0 spiro atoms. The molecular formula is C41H58O14. The molecule has 1 aliphatic heterocycles. The standard InChI is InChI=1S/C41H58O14/c1-11-37(6,49)34(46)36(48)51-20-38(7)27-16-30(54-35(47)33(45)21(2)3)40(9)26-13-12-25(24-14-15-50-19-24)39(26,8)29(52-22(4)42)17-28(40)41(27,10)31(53-23(5)43)18-32(44)55-38/h13-15,19,21,25,27-31,33-34,45-46,49H,11-12,16-18,20H2,1-10H3/t25-,27-,28-,29-,30+,31-,33+,34+,37-,38+,39?,40-,41-/m0/s1. The van der Waals surface area contributed by atoms with E-state index in [4.69, 9.17) is 28.1 Å². The highest BCUT2D eigenvalue weighted by Crippen LogP contribution is 2.73. The molecule has 0 aromatic carbocycles. The van der Waals surface area contributed by atoms with Gasteiger partial charge in [-0.1, -0.05) is 53.2 Å². The minimum absolute atomic E-state index is 0.00356. The van der Waals surface area contributed by atoms with Gasteiger partial charge in [-0.05, 0) is 63.0 Å². The summed E-state index contributed by atoms with van der Waals surface area (Å²) >= 11 is 0. The Labute approximate surface area is 322 Å². The van der Waals surface area contributed by atoms with Crippen LogP contribution in [0.2, 0.25) is 0 Å². The van der Waals surface area contributed by atoms with Crippen molar-refractivity contribution in [2.75, 3.05) is 6.61 Å². The van der Waals surface area contributed by atoms with Gasteiger partial charge in [0, 0.05) is 41.9 Å². The number of allylic oxidation sites excluding steroid dienone is 1. The number of carbonyl (C=O) groups excluding carboxylic acids is 5. The Kier molecular flexibility index (Phi) is 11.5. The highest BCUT2D eigenvalue weighted by molar-refractivity contribution is 5.77. The molecule has 55 heavy (non-hydrogen) atoms. The fourth-order valence-corrected chi connectivity index (χ4v) is 10.5. The zero-order valence-electron chi connectivity index (χ0n) is 33.6. The molecule has 306 valence electrons. The lowest BCUT2D eigenvalue weighted by molar-refractivity contribution is -0.247. The maximum Gasteiger partial charge on any atom is 0.338 e. The molecule has 5 rings (SSSR count). The van der Waals surface area contributed by atoms with E-state index in [-0.39, 0.29) is 31.6 Å². The fraction of sp³-hybridized carbons (Fsp3) is 0.732. The highest BCUT2D eigenvalue weighted by Gasteiger charge is 2.74. The molecule has 0 radical (unpaired) electrons. The largest absolute Gasteiger partial charge is 0.472 e. The average Bonchev–Trinajstić information content (AvgIpc) is 3.75. The normalized spacial score (nSPS) is 37.7. The smallest absolute Gasteiger partial charge is 0.338 e. The van der Waals surface area contributed by atoms with E-state index in [1.807, 2.05) is 26.8 Å². The van der Waals surface area contributed by atoms with E-state index in [1.165, 1.54) is 20.8 Å². The number of hydrogen-bond donors (Lipinski definition) is 3. The van der Waals surface area contributed by atoms with Crippen molar-refractivity contribution < 1.29 is 67.4 Å². The SMILES string of the molecule is CC[C@](C)(O)[C@H](O)C(=O)OC[C@@]1(C)OC(=O)C[C@H](OC(C)=O)[C@@]2(C)[C@H]1C[C@@H](OC(=O)[C@H](O)C(C)C)[C@@]1(C)C3=CC[C@@H](c4ccoc4)C3(C)[C@@H](OC(C)=O)C[C@@H]12. The van der Waals surface area contributed by atoms with Crippen LogP contribution < -0.4 is 0 Å². The number of furan rings is 1. The molecule has 13 atom stereocenters. The molecule has 14 heteroatoms. The number of rotatable bonds is 11. The minimum atomic E-state index is -1.92. The predicted octanol–water partition coefficient (Wildman–Crippen LogP) is 4.31. The van der Waals surface area contributed by atoms with E-state index < -0.39 is 112 Å². The van der Waals surface area contributed by atoms with E-state index in [1.54, 1.807) is 40.2 Å². The van der Waals surface area contributed by atoms with Crippen LogP contribution in [0.4, 0.5) is 0 Å². The van der Waals surface area contributed by atoms with Crippen LogP contribution in [0.25, 0.3) is 0 Å². The second-order valence-electron chi connectivity index (χ2n) is 17.5. The maximum atomic E-state index is 13.8. The Hall–Kier alpha value is -3.75. The van der Waals surface area contributed by atoms with Gasteiger partial charge in [-0.15, -0.1) is 0 Å². The topological polar surface area (TPSA) is 205 Å². The van der Waals surface area contributed by atoms with Crippen LogP contribution in [0.1, 0.15) is 113 Å². The summed E-state index contributed by atoms with van der Waals surface area (Å²) in [5, 5.41) is 32.3. The van der Waals surface area contributed by atoms with E-state index in [0.717, 1.165) is 11.1 Å². The summed E-state index contributed by atoms with van der Waals surface area (Å²) in [7, 11) is 0. The maximum absolute atomic E-state index is 13.8. The summed E-state index contributed by atoms with van der Waals surface area (Å²) in [4.78, 5) is 66.6. The van der Waals surface area contributed by atoms with Crippen molar-refractivity contribution in [2.24, 2.45) is 34.0 Å². The van der Waals surface area contributed by atoms with Crippen molar-refractivity contribution in [2.45, 2.75) is 149 Å². The second-order valence-corrected chi connectivity index (χ2v) is 17.5. The molecular weight excluding hydrogens is 716 g/mol. The van der Waals surface area contributed by atoms with Crippen molar-refractivity contribution in [1.29, 1.82) is 0 Å². The molecule has 1 aromatic rings. The Bertz CT molecular complexity index is 1680. The Morgan fingerprint density at radius 1 is 0.927 bits per heavy atom. The van der Waals surface area contributed by atoms with Crippen molar-refractivity contribution in [3.8, 4) is 0 Å². The van der Waals surface area contributed by atoms with Gasteiger partial charge in [0.15, 0.2) is 12.2 Å². The number of aliphatic hydroxyl groups excluding tert-OH is 2. The van der Waals surface area contributed by atoms with E-state index in [9.17, 15) is 39.3 Å². The third kappa shape index (κ3) is 7.11. The van der Waals surface area contributed by atoms with Crippen molar-refractivity contribution in [3.05, 3.63) is 35.8 Å². The number of fused-ring (bicyclic) bond motifs is 5. The third-order valence-electron chi connectivity index (χ3n) is 13.8. The van der Waals surface area contributed by atoms with Gasteiger partial charge in [-0.25, -0.2) is 9.59 Å². The van der Waals surface area contributed by atoms with Gasteiger partial charge < -0.3 is 43.4 Å². The Morgan fingerprint density at radius 2 is 1.53 bits per heavy atom. The van der Waals surface area contributed by atoms with E-state index >= 15 is 0 Å². The summed E-state index contributed by atoms with van der Waals surface area (Å²) in [6, 6.07) is 1.87. The van der Waals surface area contributed by atoms with Crippen LogP contribution in [0.15, 0.2) is 34.7 Å². The van der Waals surface area contributed by atoms with Crippen molar-refractivity contribution in [3.63, 3.8) is 0 Å². The Balaban J connectivity index is 1.73. The first-order chi connectivity index (χ1) is 25.5. The summed E-state index contributed by atoms with van der Waals surface area (Å²) in [6.07, 6.45) is -0.500. The first kappa shape index (κ1) is 42.4. The van der Waals surface area contributed by atoms with Crippen LogP contribution in [-0.4, -0.2) is 93.5 Å². The van der Waals surface area contributed by atoms with Crippen molar-refractivity contribution >= 4 is 29.8 Å². The number of aliphatic hydroxyl groups is 3. The minimum Gasteiger partial charge on any atom is -0.472 e. The number of cyclic esters (lactones) is 1. The van der Waals surface area contributed by atoms with Gasteiger partial charge >= 0.3 is 29.8 Å². The molecule has 1 unspecified atom stereocenters. The van der Waals surface area contributed by atoms with Gasteiger partial charge in [0.2, 0.25) is 0 Å². The lowest BCUT2D eigenvalue weighted by Gasteiger charge is -2.67. The first-order valence-corrected chi connectivity index (χ1v) is 19.2. The summed E-state index contributed by atoms with van der Waals surface area (Å²) < 4.78 is 35.9. The molecule has 3 N–H and O–H groups in total. The van der Waals surface area contributed by atoms with Gasteiger partial charge in [0.25, 0.3) is 0 Å². The molecule has 4 aliphatic rings. The number of carbonyl (C=O) groups is 5. The summed E-state index contributed by atoms with van der Waals surface area (Å²) in [5.41, 5.74) is -4.86. The van der Waals surface area contributed by atoms with E-state index in [0.29, 0.717) is 6.42 Å². The molecule has 2 saturated carbocycles. The monoisotopic (exact) mass is 774 g/mol. The quantitative estimate of drug-likeness (QED) is 0.163. The van der Waals surface area contributed by atoms with Gasteiger partial charge in [-0.2, -0.15) is 0 Å². The lowest BCUT2D eigenvalue weighted by atomic mass is 9.39. The molecule has 2 heterocycles. The lowest BCUT2D eigenvalue weighted by Crippen LogP contribution is -2.70. The zero-order valence-corrected chi connectivity index (χ0v) is 33.6. The van der Waals surface area contributed by atoms with Crippen LogP contribution in [-0.2, 0) is 47.7 Å². The molecule has 3 aliphatic carbocycles. The predicted molar refractivity (Wildman–Crippen MR) is 194 cm³/mol. The number of hydrogen-bond acceptors (Lipinski definition) is 14. The Morgan fingerprint density at radius 3 is 2.09 bits per heavy atom. The second kappa shape index (κ2) is 15.0. The number of ether oxygens (including phenoxy) is 5. The van der Waals surface area contributed by atoms with Gasteiger partial charge in [-0.3, -0.25) is 14.4 Å². The molecule has 14 nitrogen and oxygen atoms in total. The molecule has 1 saturated heterocycles. The molecule has 3 fully saturated rings. The molecule has 0 amide bonds. The molecule has 0 bridgehead atoms.